The molecule has 24 heavy (non-hydrogen) atoms. The van der Waals surface area contributed by atoms with E-state index in [0.717, 1.165) is 6.26 Å². The molecule has 2 aromatic heterocycles. The molecule has 0 aliphatic rings. The molecule has 0 fully saturated rings. The average Bonchev–Trinajstić information content (AvgIpc) is 2.85. The first-order chi connectivity index (χ1) is 11.3. The molecule has 0 spiro atoms. The van der Waals surface area contributed by atoms with Gasteiger partial charge in [-0.3, -0.25) is 4.98 Å². The summed E-state index contributed by atoms with van der Waals surface area (Å²) in [6.07, 6.45) is 1.48. The molecule has 1 unspecified atom stereocenters. The van der Waals surface area contributed by atoms with Gasteiger partial charge in [0.15, 0.2) is 0 Å². The molecule has 3 rings (SSSR count). The number of fused-ring (bicyclic) bond motifs is 1. The minimum atomic E-state index is -3.37. The van der Waals surface area contributed by atoms with Gasteiger partial charge in [0, 0.05) is 28.9 Å². The molecule has 0 saturated heterocycles. The molecule has 0 amide bonds. The number of benzene rings is 1. The molecule has 0 saturated carbocycles. The van der Waals surface area contributed by atoms with Crippen molar-refractivity contribution in [1.82, 2.24) is 9.97 Å². The molecule has 8 heteroatoms. The van der Waals surface area contributed by atoms with Crippen molar-refractivity contribution < 1.29 is 13.5 Å². The standard InChI is InChI=1S/C16H14Cl2N2O3S/c1-24(22,23)8-14(21)16-15(12-4-2-3-5-19-12)9-6-10(17)11(18)7-13(9)20-16/h2-7,14,20-21H,8H2,1H3. The fourth-order valence-electron chi connectivity index (χ4n) is 2.62. The van der Waals surface area contributed by atoms with Crippen molar-refractivity contribution in [1.29, 1.82) is 0 Å². The van der Waals surface area contributed by atoms with Gasteiger partial charge in [-0.15, -0.1) is 0 Å². The third-order valence-corrected chi connectivity index (χ3v) is 5.23. The van der Waals surface area contributed by atoms with Crippen LogP contribution in [0.2, 0.25) is 10.0 Å². The number of aliphatic hydroxyl groups excluding tert-OH is 1. The summed E-state index contributed by atoms with van der Waals surface area (Å²) in [5, 5.41) is 11.9. The van der Waals surface area contributed by atoms with Crippen molar-refractivity contribution in [2.24, 2.45) is 0 Å². The van der Waals surface area contributed by atoms with Crippen molar-refractivity contribution in [3.8, 4) is 11.3 Å². The third-order valence-electron chi connectivity index (χ3n) is 3.58. The molecular formula is C16H14Cl2N2O3S. The van der Waals surface area contributed by atoms with E-state index in [4.69, 9.17) is 23.2 Å². The highest BCUT2D eigenvalue weighted by molar-refractivity contribution is 7.90. The third kappa shape index (κ3) is 3.42. The van der Waals surface area contributed by atoms with Crippen molar-refractivity contribution >= 4 is 43.9 Å². The van der Waals surface area contributed by atoms with Gasteiger partial charge in [-0.2, -0.15) is 0 Å². The Morgan fingerprint density at radius 3 is 2.58 bits per heavy atom. The topological polar surface area (TPSA) is 83.0 Å². The SMILES string of the molecule is CS(=O)(=O)CC(O)c1[nH]c2cc(Cl)c(Cl)cc2c1-c1ccccn1. The zero-order chi connectivity index (χ0) is 17.5. The Morgan fingerprint density at radius 2 is 1.96 bits per heavy atom. The van der Waals surface area contributed by atoms with E-state index >= 15 is 0 Å². The number of aliphatic hydroxyl groups is 1. The highest BCUT2D eigenvalue weighted by Crippen LogP contribution is 2.38. The van der Waals surface area contributed by atoms with Crippen molar-refractivity contribution in [3.05, 3.63) is 52.3 Å². The summed E-state index contributed by atoms with van der Waals surface area (Å²) in [6.45, 7) is 0. The van der Waals surface area contributed by atoms with Crippen LogP contribution in [0.4, 0.5) is 0 Å². The van der Waals surface area contributed by atoms with E-state index in [0.29, 0.717) is 37.9 Å². The van der Waals surface area contributed by atoms with Crippen LogP contribution in [-0.2, 0) is 9.84 Å². The molecule has 1 aromatic carbocycles. The number of pyridine rings is 1. The summed E-state index contributed by atoms with van der Waals surface area (Å²) < 4.78 is 23.1. The number of hydrogen-bond acceptors (Lipinski definition) is 4. The second kappa shape index (κ2) is 6.37. The van der Waals surface area contributed by atoms with Gasteiger partial charge >= 0.3 is 0 Å². The van der Waals surface area contributed by atoms with Crippen molar-refractivity contribution in [3.63, 3.8) is 0 Å². The fourth-order valence-corrected chi connectivity index (χ4v) is 3.68. The first kappa shape index (κ1) is 17.2. The van der Waals surface area contributed by atoms with Crippen LogP contribution < -0.4 is 0 Å². The number of nitrogens with one attached hydrogen (secondary N) is 1. The molecule has 0 radical (unpaired) electrons. The number of sulfone groups is 1. The van der Waals surface area contributed by atoms with Crippen LogP contribution in [0.25, 0.3) is 22.2 Å². The molecule has 3 aromatic rings. The minimum absolute atomic E-state index is 0.363. The Morgan fingerprint density at radius 1 is 1.25 bits per heavy atom. The molecule has 0 aliphatic heterocycles. The van der Waals surface area contributed by atoms with Crippen LogP contribution in [0.15, 0.2) is 36.5 Å². The Kier molecular flexibility index (Phi) is 4.57. The van der Waals surface area contributed by atoms with Gasteiger partial charge in [0.05, 0.1) is 27.2 Å². The van der Waals surface area contributed by atoms with Gasteiger partial charge in [0.25, 0.3) is 0 Å². The first-order valence-electron chi connectivity index (χ1n) is 7.04. The summed E-state index contributed by atoms with van der Waals surface area (Å²) >= 11 is 12.2. The predicted molar refractivity (Wildman–Crippen MR) is 96.2 cm³/mol. The van der Waals surface area contributed by atoms with Crippen LogP contribution in [-0.4, -0.2) is 35.5 Å². The zero-order valence-corrected chi connectivity index (χ0v) is 15.0. The summed E-state index contributed by atoms with van der Waals surface area (Å²) in [7, 11) is -3.37. The van der Waals surface area contributed by atoms with Crippen LogP contribution >= 0.6 is 23.2 Å². The summed E-state index contributed by atoms with van der Waals surface area (Å²) in [5.41, 5.74) is 2.23. The maximum absolute atomic E-state index is 11.6. The molecule has 1 atom stereocenters. The maximum Gasteiger partial charge on any atom is 0.150 e. The Bertz CT molecular complexity index is 1000. The number of halogens is 2. The van der Waals surface area contributed by atoms with E-state index in [1.165, 1.54) is 0 Å². The maximum atomic E-state index is 11.6. The Balaban J connectivity index is 2.28. The number of hydrogen-bond donors (Lipinski definition) is 2. The number of rotatable bonds is 4. The van der Waals surface area contributed by atoms with Gasteiger partial charge in [0.2, 0.25) is 0 Å². The normalized spacial score (nSPS) is 13.3. The summed E-state index contributed by atoms with van der Waals surface area (Å²) in [4.78, 5) is 7.36. The highest BCUT2D eigenvalue weighted by Gasteiger charge is 2.24. The van der Waals surface area contributed by atoms with Crippen LogP contribution in [0.5, 0.6) is 0 Å². The lowest BCUT2D eigenvalue weighted by atomic mass is 10.0. The average molecular weight is 385 g/mol. The zero-order valence-electron chi connectivity index (χ0n) is 12.6. The molecular weight excluding hydrogens is 371 g/mol. The number of aromatic amines is 1. The second-order valence-electron chi connectivity index (χ2n) is 5.55. The molecule has 2 N–H and O–H groups in total. The van der Waals surface area contributed by atoms with E-state index in [9.17, 15) is 13.5 Å². The van der Waals surface area contributed by atoms with Crippen LogP contribution in [0.1, 0.15) is 11.8 Å². The predicted octanol–water partition coefficient (Wildman–Crippen LogP) is 3.61. The van der Waals surface area contributed by atoms with Gasteiger partial charge in [-0.1, -0.05) is 29.3 Å². The monoisotopic (exact) mass is 384 g/mol. The summed E-state index contributed by atoms with van der Waals surface area (Å²) in [5.74, 6) is -0.402. The fraction of sp³-hybridized carbons (Fsp3) is 0.188. The smallest absolute Gasteiger partial charge is 0.150 e. The van der Waals surface area contributed by atoms with E-state index in [-0.39, 0.29) is 0 Å². The molecule has 0 aliphatic carbocycles. The first-order valence-corrected chi connectivity index (χ1v) is 9.85. The minimum Gasteiger partial charge on any atom is -0.386 e. The molecule has 126 valence electrons. The van der Waals surface area contributed by atoms with Crippen molar-refractivity contribution in [2.75, 3.05) is 12.0 Å². The highest BCUT2D eigenvalue weighted by atomic mass is 35.5. The number of H-pyrrole nitrogens is 1. The van der Waals surface area contributed by atoms with E-state index in [1.807, 2.05) is 6.07 Å². The number of aromatic nitrogens is 2. The van der Waals surface area contributed by atoms with Gasteiger partial charge in [-0.25, -0.2) is 8.42 Å². The van der Waals surface area contributed by atoms with Gasteiger partial charge in [0.1, 0.15) is 15.9 Å². The van der Waals surface area contributed by atoms with E-state index in [2.05, 4.69) is 9.97 Å². The molecule has 2 heterocycles. The van der Waals surface area contributed by atoms with E-state index in [1.54, 1.807) is 30.5 Å². The lowest BCUT2D eigenvalue weighted by molar-refractivity contribution is 0.198. The Hall–Kier alpha value is -1.60. The molecule has 5 nitrogen and oxygen atoms in total. The van der Waals surface area contributed by atoms with Crippen LogP contribution in [0, 0.1) is 0 Å². The van der Waals surface area contributed by atoms with Gasteiger partial charge < -0.3 is 10.1 Å². The van der Waals surface area contributed by atoms with Crippen molar-refractivity contribution in [2.45, 2.75) is 6.10 Å². The largest absolute Gasteiger partial charge is 0.386 e. The van der Waals surface area contributed by atoms with Gasteiger partial charge in [-0.05, 0) is 24.3 Å². The lowest BCUT2D eigenvalue weighted by Crippen LogP contribution is -2.13. The summed E-state index contributed by atoms with van der Waals surface area (Å²) in [6, 6.07) is 8.68. The molecule has 0 bridgehead atoms. The lowest BCUT2D eigenvalue weighted by Gasteiger charge is -2.11. The van der Waals surface area contributed by atoms with E-state index < -0.39 is 21.7 Å². The second-order valence-corrected chi connectivity index (χ2v) is 8.55. The van der Waals surface area contributed by atoms with Crippen LogP contribution in [0.3, 0.4) is 0 Å². The quantitative estimate of drug-likeness (QED) is 0.719. The number of nitrogens with zero attached hydrogens (tertiary/aromatic N) is 1. The Labute approximate surface area is 149 Å².